The van der Waals surface area contributed by atoms with Gasteiger partial charge >= 0.3 is 0 Å². The van der Waals surface area contributed by atoms with Crippen LogP contribution in [0.4, 0.5) is 5.95 Å². The SMILES string of the molecule is CC(O)c1nc(N2CCCCCC2)n[nH]1. The van der Waals surface area contributed by atoms with E-state index in [2.05, 4.69) is 20.1 Å². The lowest BCUT2D eigenvalue weighted by molar-refractivity contribution is 0.189. The molecule has 84 valence electrons. The Morgan fingerprint density at radius 1 is 1.27 bits per heavy atom. The summed E-state index contributed by atoms with van der Waals surface area (Å²) in [6.45, 7) is 3.74. The first-order valence-corrected chi connectivity index (χ1v) is 5.62. The monoisotopic (exact) mass is 210 g/mol. The number of hydrogen-bond donors (Lipinski definition) is 2. The second-order valence-corrected chi connectivity index (χ2v) is 4.10. The third kappa shape index (κ3) is 2.47. The van der Waals surface area contributed by atoms with Crippen LogP contribution in [0.3, 0.4) is 0 Å². The zero-order valence-corrected chi connectivity index (χ0v) is 9.11. The molecule has 1 saturated heterocycles. The molecule has 1 unspecified atom stereocenters. The second-order valence-electron chi connectivity index (χ2n) is 4.10. The zero-order chi connectivity index (χ0) is 10.7. The van der Waals surface area contributed by atoms with E-state index in [9.17, 15) is 5.11 Å². The molecule has 15 heavy (non-hydrogen) atoms. The molecule has 1 aromatic heterocycles. The third-order valence-corrected chi connectivity index (χ3v) is 2.78. The first-order valence-electron chi connectivity index (χ1n) is 5.62. The first-order chi connectivity index (χ1) is 7.27. The van der Waals surface area contributed by atoms with Crippen LogP contribution in [0, 0.1) is 0 Å². The van der Waals surface area contributed by atoms with E-state index in [0.717, 1.165) is 19.0 Å². The summed E-state index contributed by atoms with van der Waals surface area (Å²) in [5.41, 5.74) is 0. The molecule has 0 amide bonds. The van der Waals surface area contributed by atoms with Gasteiger partial charge in [-0.2, -0.15) is 4.98 Å². The van der Waals surface area contributed by atoms with E-state index in [1.807, 2.05) is 0 Å². The smallest absolute Gasteiger partial charge is 0.244 e. The van der Waals surface area contributed by atoms with Crippen LogP contribution in [0.25, 0.3) is 0 Å². The largest absolute Gasteiger partial charge is 0.385 e. The predicted molar refractivity (Wildman–Crippen MR) is 57.7 cm³/mol. The number of anilines is 1. The van der Waals surface area contributed by atoms with Crippen molar-refractivity contribution in [2.75, 3.05) is 18.0 Å². The van der Waals surface area contributed by atoms with Gasteiger partial charge in [-0.15, -0.1) is 5.10 Å². The molecule has 0 bridgehead atoms. The first kappa shape index (κ1) is 10.4. The second kappa shape index (κ2) is 4.61. The third-order valence-electron chi connectivity index (χ3n) is 2.78. The minimum absolute atomic E-state index is 0.550. The summed E-state index contributed by atoms with van der Waals surface area (Å²) in [4.78, 5) is 6.47. The quantitative estimate of drug-likeness (QED) is 0.770. The van der Waals surface area contributed by atoms with Crippen LogP contribution in [0.15, 0.2) is 0 Å². The molecular formula is C10H18N4O. The summed E-state index contributed by atoms with van der Waals surface area (Å²) in [5, 5.41) is 16.2. The standard InChI is InChI=1S/C10H18N4O/c1-8(15)9-11-10(13-12-9)14-6-4-2-3-5-7-14/h8,15H,2-7H2,1H3,(H,11,12,13). The average molecular weight is 210 g/mol. The lowest BCUT2D eigenvalue weighted by Gasteiger charge is -2.17. The van der Waals surface area contributed by atoms with Gasteiger partial charge < -0.3 is 10.0 Å². The maximum absolute atomic E-state index is 9.34. The van der Waals surface area contributed by atoms with Crippen molar-refractivity contribution in [2.45, 2.75) is 38.7 Å². The Kier molecular flexibility index (Phi) is 3.20. The molecule has 2 heterocycles. The van der Waals surface area contributed by atoms with Crippen molar-refractivity contribution < 1.29 is 5.11 Å². The summed E-state index contributed by atoms with van der Waals surface area (Å²) >= 11 is 0. The lowest BCUT2D eigenvalue weighted by Crippen LogP contribution is -2.25. The van der Waals surface area contributed by atoms with Gasteiger partial charge in [-0.3, -0.25) is 5.10 Å². The van der Waals surface area contributed by atoms with Crippen molar-refractivity contribution in [1.82, 2.24) is 15.2 Å². The Bertz CT molecular complexity index is 302. The number of rotatable bonds is 2. The van der Waals surface area contributed by atoms with Crippen LogP contribution in [-0.2, 0) is 0 Å². The minimum atomic E-state index is -0.571. The van der Waals surface area contributed by atoms with E-state index in [1.54, 1.807) is 6.92 Å². The summed E-state index contributed by atoms with van der Waals surface area (Å²) in [6, 6.07) is 0. The molecule has 0 saturated carbocycles. The Balaban J connectivity index is 2.06. The molecule has 1 atom stereocenters. The topological polar surface area (TPSA) is 65.0 Å². The highest BCUT2D eigenvalue weighted by atomic mass is 16.3. The highest BCUT2D eigenvalue weighted by Gasteiger charge is 2.15. The molecule has 0 spiro atoms. The van der Waals surface area contributed by atoms with Gasteiger partial charge in [0.15, 0.2) is 5.82 Å². The number of aliphatic hydroxyl groups is 1. The van der Waals surface area contributed by atoms with Gasteiger partial charge in [0.2, 0.25) is 5.95 Å². The lowest BCUT2D eigenvalue weighted by atomic mass is 10.2. The molecule has 1 fully saturated rings. The number of aliphatic hydroxyl groups excluding tert-OH is 1. The predicted octanol–water partition coefficient (Wildman–Crippen LogP) is 1.24. The van der Waals surface area contributed by atoms with Gasteiger partial charge in [0.25, 0.3) is 0 Å². The Morgan fingerprint density at radius 2 is 1.93 bits per heavy atom. The highest BCUT2D eigenvalue weighted by molar-refractivity contribution is 5.28. The van der Waals surface area contributed by atoms with Crippen molar-refractivity contribution in [3.8, 4) is 0 Å². The molecule has 2 rings (SSSR count). The summed E-state index contributed by atoms with van der Waals surface area (Å²) in [7, 11) is 0. The van der Waals surface area contributed by atoms with Gasteiger partial charge in [0, 0.05) is 13.1 Å². The number of nitrogens with zero attached hydrogens (tertiary/aromatic N) is 3. The number of aromatic nitrogens is 3. The zero-order valence-electron chi connectivity index (χ0n) is 9.11. The van der Waals surface area contributed by atoms with Gasteiger partial charge in [0.1, 0.15) is 6.10 Å². The van der Waals surface area contributed by atoms with Crippen LogP contribution in [0.2, 0.25) is 0 Å². The van der Waals surface area contributed by atoms with Crippen molar-refractivity contribution in [2.24, 2.45) is 0 Å². The average Bonchev–Trinajstić information content (AvgIpc) is 2.55. The number of nitrogens with one attached hydrogen (secondary N) is 1. The van der Waals surface area contributed by atoms with Crippen LogP contribution in [-0.4, -0.2) is 33.4 Å². The molecular weight excluding hydrogens is 192 g/mol. The fourth-order valence-corrected chi connectivity index (χ4v) is 1.86. The van der Waals surface area contributed by atoms with E-state index >= 15 is 0 Å². The van der Waals surface area contributed by atoms with Crippen LogP contribution >= 0.6 is 0 Å². The molecule has 1 aromatic rings. The molecule has 5 nitrogen and oxygen atoms in total. The number of aromatic amines is 1. The van der Waals surface area contributed by atoms with Gasteiger partial charge in [-0.05, 0) is 19.8 Å². The van der Waals surface area contributed by atoms with Crippen molar-refractivity contribution in [3.63, 3.8) is 0 Å². The maximum atomic E-state index is 9.34. The van der Waals surface area contributed by atoms with Crippen LogP contribution < -0.4 is 4.90 Å². The van der Waals surface area contributed by atoms with Crippen molar-refractivity contribution >= 4 is 5.95 Å². The van der Waals surface area contributed by atoms with E-state index in [4.69, 9.17) is 0 Å². The van der Waals surface area contributed by atoms with E-state index in [1.165, 1.54) is 25.7 Å². The molecule has 2 N–H and O–H groups in total. The Labute approximate surface area is 89.5 Å². The fraction of sp³-hybridized carbons (Fsp3) is 0.800. The summed E-state index contributed by atoms with van der Waals surface area (Å²) < 4.78 is 0. The van der Waals surface area contributed by atoms with Crippen LogP contribution in [0.1, 0.15) is 44.5 Å². The van der Waals surface area contributed by atoms with Crippen molar-refractivity contribution in [1.29, 1.82) is 0 Å². The van der Waals surface area contributed by atoms with Gasteiger partial charge in [0.05, 0.1) is 0 Å². The van der Waals surface area contributed by atoms with E-state index in [0.29, 0.717) is 5.82 Å². The number of hydrogen-bond acceptors (Lipinski definition) is 4. The maximum Gasteiger partial charge on any atom is 0.244 e. The molecule has 1 aliphatic heterocycles. The Morgan fingerprint density at radius 3 is 2.47 bits per heavy atom. The molecule has 0 radical (unpaired) electrons. The fourth-order valence-electron chi connectivity index (χ4n) is 1.86. The highest BCUT2D eigenvalue weighted by Crippen LogP contribution is 2.16. The van der Waals surface area contributed by atoms with Crippen LogP contribution in [0.5, 0.6) is 0 Å². The van der Waals surface area contributed by atoms with E-state index < -0.39 is 6.10 Å². The molecule has 5 heteroatoms. The van der Waals surface area contributed by atoms with Gasteiger partial charge in [-0.25, -0.2) is 0 Å². The van der Waals surface area contributed by atoms with Crippen molar-refractivity contribution in [3.05, 3.63) is 5.82 Å². The van der Waals surface area contributed by atoms with Gasteiger partial charge in [-0.1, -0.05) is 12.8 Å². The molecule has 0 aliphatic carbocycles. The normalized spacial score (nSPS) is 20.0. The summed E-state index contributed by atoms with van der Waals surface area (Å²) in [6.07, 6.45) is 4.43. The minimum Gasteiger partial charge on any atom is -0.385 e. The van der Waals surface area contributed by atoms with E-state index in [-0.39, 0.29) is 0 Å². The Hall–Kier alpha value is -1.10. The summed E-state index contributed by atoms with van der Waals surface area (Å²) in [5.74, 6) is 1.28. The number of H-pyrrole nitrogens is 1. The molecule has 1 aliphatic rings. The molecule has 0 aromatic carbocycles.